The molecular formula is C16H26N2O. The molecule has 3 nitrogen and oxygen atoms in total. The van der Waals surface area contributed by atoms with Crippen molar-refractivity contribution >= 4 is 5.91 Å². The van der Waals surface area contributed by atoms with Gasteiger partial charge in [-0.25, -0.2) is 0 Å². The maximum atomic E-state index is 11.9. The highest BCUT2D eigenvalue weighted by molar-refractivity contribution is 5.78. The van der Waals surface area contributed by atoms with E-state index in [2.05, 4.69) is 38.1 Å². The molecule has 1 aromatic carbocycles. The van der Waals surface area contributed by atoms with Crippen LogP contribution in [0, 0.1) is 5.92 Å². The SMILES string of the molecule is CCC(C)c1ccc(CN(C)C(=O)C(C)CN)cc1. The molecule has 0 saturated heterocycles. The monoisotopic (exact) mass is 262 g/mol. The third kappa shape index (κ3) is 4.35. The Balaban J connectivity index is 2.65. The van der Waals surface area contributed by atoms with Gasteiger partial charge in [0.1, 0.15) is 0 Å². The number of carbonyl (C=O) groups is 1. The van der Waals surface area contributed by atoms with E-state index in [1.54, 1.807) is 4.90 Å². The van der Waals surface area contributed by atoms with E-state index < -0.39 is 0 Å². The zero-order valence-corrected chi connectivity index (χ0v) is 12.5. The molecule has 3 heteroatoms. The molecule has 0 spiro atoms. The van der Waals surface area contributed by atoms with Gasteiger partial charge in [0.2, 0.25) is 5.91 Å². The van der Waals surface area contributed by atoms with Crippen LogP contribution < -0.4 is 5.73 Å². The van der Waals surface area contributed by atoms with E-state index >= 15 is 0 Å². The minimum Gasteiger partial charge on any atom is -0.341 e. The first-order valence-electron chi connectivity index (χ1n) is 7.03. The van der Waals surface area contributed by atoms with Crippen molar-refractivity contribution in [2.24, 2.45) is 11.7 Å². The lowest BCUT2D eigenvalue weighted by atomic mass is 9.97. The van der Waals surface area contributed by atoms with Crippen LogP contribution in [0.15, 0.2) is 24.3 Å². The Kier molecular flexibility index (Phi) is 6.03. The minimum atomic E-state index is -0.107. The van der Waals surface area contributed by atoms with Crippen LogP contribution in [0.1, 0.15) is 44.2 Å². The number of rotatable bonds is 6. The van der Waals surface area contributed by atoms with Gasteiger partial charge in [0, 0.05) is 26.1 Å². The quantitative estimate of drug-likeness (QED) is 0.857. The van der Waals surface area contributed by atoms with Crippen LogP contribution in [0.25, 0.3) is 0 Å². The summed E-state index contributed by atoms with van der Waals surface area (Å²) in [5, 5.41) is 0. The van der Waals surface area contributed by atoms with Crippen molar-refractivity contribution in [1.29, 1.82) is 0 Å². The summed E-state index contributed by atoms with van der Waals surface area (Å²) in [6.07, 6.45) is 1.14. The van der Waals surface area contributed by atoms with Gasteiger partial charge >= 0.3 is 0 Å². The summed E-state index contributed by atoms with van der Waals surface area (Å²) >= 11 is 0. The summed E-state index contributed by atoms with van der Waals surface area (Å²) in [7, 11) is 1.83. The third-order valence-electron chi connectivity index (χ3n) is 3.73. The normalized spacial score (nSPS) is 13.9. The molecule has 0 saturated carbocycles. The molecule has 0 aromatic heterocycles. The van der Waals surface area contributed by atoms with Gasteiger partial charge in [0.15, 0.2) is 0 Å². The van der Waals surface area contributed by atoms with Crippen molar-refractivity contribution in [1.82, 2.24) is 4.90 Å². The fourth-order valence-corrected chi connectivity index (χ4v) is 2.02. The molecule has 0 fully saturated rings. The third-order valence-corrected chi connectivity index (χ3v) is 3.73. The number of carbonyl (C=O) groups excluding carboxylic acids is 1. The summed E-state index contributed by atoms with van der Waals surface area (Å²) in [5.74, 6) is 0.587. The van der Waals surface area contributed by atoms with E-state index in [-0.39, 0.29) is 11.8 Å². The molecular weight excluding hydrogens is 236 g/mol. The van der Waals surface area contributed by atoms with Crippen molar-refractivity contribution in [3.8, 4) is 0 Å². The van der Waals surface area contributed by atoms with Gasteiger partial charge in [0.05, 0.1) is 0 Å². The topological polar surface area (TPSA) is 46.3 Å². The molecule has 19 heavy (non-hydrogen) atoms. The highest BCUT2D eigenvalue weighted by atomic mass is 16.2. The van der Waals surface area contributed by atoms with Crippen LogP contribution in [-0.4, -0.2) is 24.4 Å². The summed E-state index contributed by atoms with van der Waals surface area (Å²) in [6.45, 7) is 7.33. The molecule has 0 aliphatic heterocycles. The van der Waals surface area contributed by atoms with Crippen molar-refractivity contribution in [3.05, 3.63) is 35.4 Å². The molecule has 1 rings (SSSR count). The fourth-order valence-electron chi connectivity index (χ4n) is 2.02. The number of benzene rings is 1. The van der Waals surface area contributed by atoms with E-state index in [1.807, 2.05) is 14.0 Å². The van der Waals surface area contributed by atoms with E-state index in [1.165, 1.54) is 5.56 Å². The van der Waals surface area contributed by atoms with Crippen LogP contribution in [0.3, 0.4) is 0 Å². The van der Waals surface area contributed by atoms with E-state index in [0.717, 1.165) is 12.0 Å². The summed E-state index contributed by atoms with van der Waals surface area (Å²) < 4.78 is 0. The van der Waals surface area contributed by atoms with Gasteiger partial charge in [0.25, 0.3) is 0 Å². The number of amides is 1. The smallest absolute Gasteiger partial charge is 0.226 e. The van der Waals surface area contributed by atoms with Crippen molar-refractivity contribution in [2.75, 3.05) is 13.6 Å². The molecule has 2 atom stereocenters. The van der Waals surface area contributed by atoms with Crippen molar-refractivity contribution < 1.29 is 4.79 Å². The minimum absolute atomic E-state index is 0.105. The lowest BCUT2D eigenvalue weighted by Crippen LogP contribution is -2.34. The Labute approximate surface area is 116 Å². The number of hydrogen-bond acceptors (Lipinski definition) is 2. The molecule has 0 heterocycles. The first-order chi connectivity index (χ1) is 8.99. The Hall–Kier alpha value is -1.35. The number of nitrogens with zero attached hydrogens (tertiary/aromatic N) is 1. The Morgan fingerprint density at radius 2 is 1.84 bits per heavy atom. The first-order valence-corrected chi connectivity index (χ1v) is 7.03. The maximum Gasteiger partial charge on any atom is 0.226 e. The van der Waals surface area contributed by atoms with Gasteiger partial charge in [-0.2, -0.15) is 0 Å². The first kappa shape index (κ1) is 15.7. The van der Waals surface area contributed by atoms with E-state index in [0.29, 0.717) is 19.0 Å². The van der Waals surface area contributed by atoms with Gasteiger partial charge in [-0.15, -0.1) is 0 Å². The second-order valence-electron chi connectivity index (χ2n) is 5.38. The van der Waals surface area contributed by atoms with Crippen molar-refractivity contribution in [3.63, 3.8) is 0 Å². The molecule has 2 unspecified atom stereocenters. The lowest BCUT2D eigenvalue weighted by Gasteiger charge is -2.21. The molecule has 2 N–H and O–H groups in total. The van der Waals surface area contributed by atoms with Crippen LogP contribution >= 0.6 is 0 Å². The van der Waals surface area contributed by atoms with Gasteiger partial charge in [-0.05, 0) is 23.5 Å². The Morgan fingerprint density at radius 3 is 2.32 bits per heavy atom. The van der Waals surface area contributed by atoms with Crippen LogP contribution in [0.4, 0.5) is 0 Å². The van der Waals surface area contributed by atoms with Gasteiger partial charge < -0.3 is 10.6 Å². The molecule has 0 aliphatic carbocycles. The Morgan fingerprint density at radius 1 is 1.26 bits per heavy atom. The standard InChI is InChI=1S/C16H26N2O/c1-5-12(2)15-8-6-14(7-9-15)11-18(4)16(19)13(3)10-17/h6-9,12-13H,5,10-11,17H2,1-4H3. The zero-order chi connectivity index (χ0) is 14.4. The molecule has 1 amide bonds. The second kappa shape index (κ2) is 7.29. The summed E-state index contributed by atoms with van der Waals surface area (Å²) in [4.78, 5) is 13.7. The predicted octanol–water partition coefficient (Wildman–Crippen LogP) is 2.75. The molecule has 0 bridgehead atoms. The fraction of sp³-hybridized carbons (Fsp3) is 0.562. The van der Waals surface area contributed by atoms with E-state index in [4.69, 9.17) is 5.73 Å². The molecule has 106 valence electrons. The lowest BCUT2D eigenvalue weighted by molar-refractivity contribution is -0.133. The molecule has 0 radical (unpaired) electrons. The average molecular weight is 262 g/mol. The predicted molar refractivity (Wildman–Crippen MR) is 79.8 cm³/mol. The summed E-state index contributed by atoms with van der Waals surface area (Å²) in [5.41, 5.74) is 8.04. The molecule has 1 aromatic rings. The zero-order valence-electron chi connectivity index (χ0n) is 12.5. The maximum absolute atomic E-state index is 11.9. The van der Waals surface area contributed by atoms with Crippen LogP contribution in [-0.2, 0) is 11.3 Å². The summed E-state index contributed by atoms with van der Waals surface area (Å²) in [6, 6.07) is 8.54. The second-order valence-corrected chi connectivity index (χ2v) is 5.38. The largest absolute Gasteiger partial charge is 0.341 e. The Bertz CT molecular complexity index is 400. The van der Waals surface area contributed by atoms with E-state index in [9.17, 15) is 4.79 Å². The van der Waals surface area contributed by atoms with Crippen LogP contribution in [0.2, 0.25) is 0 Å². The van der Waals surface area contributed by atoms with Gasteiger partial charge in [-0.3, -0.25) is 4.79 Å². The highest BCUT2D eigenvalue weighted by Gasteiger charge is 2.15. The highest BCUT2D eigenvalue weighted by Crippen LogP contribution is 2.19. The van der Waals surface area contributed by atoms with Crippen LogP contribution in [0.5, 0.6) is 0 Å². The average Bonchev–Trinajstić information content (AvgIpc) is 2.45. The number of nitrogens with two attached hydrogens (primary N) is 1. The number of hydrogen-bond donors (Lipinski definition) is 1. The van der Waals surface area contributed by atoms with Gasteiger partial charge in [-0.1, -0.05) is 45.0 Å². The molecule has 0 aliphatic rings. The van der Waals surface area contributed by atoms with Crippen molar-refractivity contribution in [2.45, 2.75) is 39.7 Å².